The van der Waals surface area contributed by atoms with Crippen molar-refractivity contribution in [2.75, 3.05) is 13.2 Å². The molecular formula is C39H45FO5Si. The molecule has 242 valence electrons. The number of hydrogen-bond acceptors (Lipinski definition) is 5. The first kappa shape index (κ1) is 33.9. The molecule has 46 heavy (non-hydrogen) atoms. The van der Waals surface area contributed by atoms with Crippen LogP contribution in [0, 0.1) is 0 Å². The molecule has 0 radical (unpaired) electrons. The molecule has 1 aliphatic rings. The van der Waals surface area contributed by atoms with E-state index in [0.29, 0.717) is 0 Å². The van der Waals surface area contributed by atoms with E-state index >= 15 is 4.39 Å². The summed E-state index contributed by atoms with van der Waals surface area (Å²) in [6.07, 6.45) is -3.57. The van der Waals surface area contributed by atoms with Gasteiger partial charge >= 0.3 is 0 Å². The largest absolute Gasteiger partial charge is 0.405 e. The van der Waals surface area contributed by atoms with Gasteiger partial charge in [-0.1, -0.05) is 148 Å². The van der Waals surface area contributed by atoms with Crippen LogP contribution in [0.4, 0.5) is 4.39 Å². The van der Waals surface area contributed by atoms with E-state index < -0.39 is 39.1 Å². The highest BCUT2D eigenvalue weighted by Crippen LogP contribution is 2.38. The second-order valence-corrected chi connectivity index (χ2v) is 16.9. The van der Waals surface area contributed by atoms with Gasteiger partial charge in [-0.25, -0.2) is 4.39 Å². The van der Waals surface area contributed by atoms with E-state index in [0.717, 1.165) is 21.5 Å². The fourth-order valence-electron chi connectivity index (χ4n) is 6.16. The SMILES string of the molecule is C=CCO[C@H]1O[C@H](CO[Si](c2ccccc2)(c2ccccc2)C(C)(C)C)[C@@H](F)[C@H](OCc2ccccc2)[C@H]1OCc1ccccc1. The monoisotopic (exact) mass is 640 g/mol. The number of ether oxygens (including phenoxy) is 4. The maximum atomic E-state index is 16.9. The fourth-order valence-corrected chi connectivity index (χ4v) is 10.7. The van der Waals surface area contributed by atoms with E-state index in [1.165, 1.54) is 0 Å². The van der Waals surface area contributed by atoms with E-state index in [1.54, 1.807) is 6.08 Å². The van der Waals surface area contributed by atoms with Gasteiger partial charge in [0.15, 0.2) is 12.5 Å². The Morgan fingerprint density at radius 2 is 1.15 bits per heavy atom. The minimum atomic E-state index is -2.96. The molecule has 0 N–H and O–H groups in total. The molecule has 0 amide bonds. The number of hydrogen-bond donors (Lipinski definition) is 0. The van der Waals surface area contributed by atoms with Gasteiger partial charge in [0.2, 0.25) is 0 Å². The average molecular weight is 641 g/mol. The summed E-state index contributed by atoms with van der Waals surface area (Å²) in [5.41, 5.74) is 1.89. The summed E-state index contributed by atoms with van der Waals surface area (Å²) < 4.78 is 49.2. The molecule has 1 saturated heterocycles. The van der Waals surface area contributed by atoms with E-state index in [-0.39, 0.29) is 31.5 Å². The molecule has 4 aromatic carbocycles. The van der Waals surface area contributed by atoms with E-state index in [9.17, 15) is 0 Å². The van der Waals surface area contributed by atoms with Crippen LogP contribution in [-0.2, 0) is 36.6 Å². The Balaban J connectivity index is 1.47. The molecular weight excluding hydrogens is 596 g/mol. The van der Waals surface area contributed by atoms with Gasteiger partial charge in [-0.05, 0) is 26.5 Å². The molecule has 0 spiro atoms. The summed E-state index contributed by atoms with van der Waals surface area (Å²) in [4.78, 5) is 0. The molecule has 0 saturated carbocycles. The van der Waals surface area contributed by atoms with Gasteiger partial charge in [-0.3, -0.25) is 0 Å². The van der Waals surface area contributed by atoms with Crippen molar-refractivity contribution < 1.29 is 27.8 Å². The van der Waals surface area contributed by atoms with Crippen molar-refractivity contribution in [3.63, 3.8) is 0 Å². The Morgan fingerprint density at radius 3 is 1.61 bits per heavy atom. The predicted molar refractivity (Wildman–Crippen MR) is 183 cm³/mol. The lowest BCUT2D eigenvalue weighted by molar-refractivity contribution is -0.307. The van der Waals surface area contributed by atoms with Crippen molar-refractivity contribution in [3.05, 3.63) is 145 Å². The van der Waals surface area contributed by atoms with Gasteiger partial charge in [0, 0.05) is 0 Å². The van der Waals surface area contributed by atoms with Gasteiger partial charge in [0.25, 0.3) is 8.32 Å². The van der Waals surface area contributed by atoms with Crippen LogP contribution in [0.5, 0.6) is 0 Å². The third-order valence-electron chi connectivity index (χ3n) is 8.40. The predicted octanol–water partition coefficient (Wildman–Crippen LogP) is 7.00. The van der Waals surface area contributed by atoms with Crippen molar-refractivity contribution >= 4 is 18.7 Å². The first-order chi connectivity index (χ1) is 22.3. The molecule has 0 aromatic heterocycles. The molecule has 7 heteroatoms. The molecule has 4 aromatic rings. The van der Waals surface area contributed by atoms with E-state index in [4.69, 9.17) is 23.4 Å². The highest BCUT2D eigenvalue weighted by atomic mass is 28.4. The number of rotatable bonds is 14. The Labute approximate surface area is 274 Å². The smallest absolute Gasteiger partial charge is 0.261 e. The summed E-state index contributed by atoms with van der Waals surface area (Å²) in [7, 11) is -2.96. The van der Waals surface area contributed by atoms with Gasteiger partial charge in [-0.15, -0.1) is 6.58 Å². The van der Waals surface area contributed by atoms with Crippen LogP contribution in [0.2, 0.25) is 5.04 Å². The van der Waals surface area contributed by atoms with E-state index in [2.05, 4.69) is 51.6 Å². The first-order valence-electron chi connectivity index (χ1n) is 15.9. The molecule has 0 aliphatic carbocycles. The zero-order valence-electron chi connectivity index (χ0n) is 27.0. The van der Waals surface area contributed by atoms with Crippen molar-refractivity contribution in [1.29, 1.82) is 0 Å². The van der Waals surface area contributed by atoms with Gasteiger partial charge < -0.3 is 23.4 Å². The fraction of sp³-hybridized carbons (Fsp3) is 0.333. The summed E-state index contributed by atoms with van der Waals surface area (Å²) in [5.74, 6) is 0. The van der Waals surface area contributed by atoms with Crippen LogP contribution in [0.3, 0.4) is 0 Å². The van der Waals surface area contributed by atoms with Crippen LogP contribution in [0.1, 0.15) is 31.9 Å². The average Bonchev–Trinajstić information content (AvgIpc) is 3.08. The summed E-state index contributed by atoms with van der Waals surface area (Å²) in [6, 6.07) is 40.1. The molecule has 1 aliphatic heterocycles. The molecule has 1 heterocycles. The third kappa shape index (κ3) is 7.92. The summed E-state index contributed by atoms with van der Waals surface area (Å²) in [5, 5.41) is 1.94. The van der Waals surface area contributed by atoms with Crippen LogP contribution < -0.4 is 10.4 Å². The van der Waals surface area contributed by atoms with Crippen molar-refractivity contribution in [2.24, 2.45) is 0 Å². The Kier molecular flexibility index (Phi) is 11.7. The van der Waals surface area contributed by atoms with Crippen LogP contribution in [0.15, 0.2) is 134 Å². The van der Waals surface area contributed by atoms with Gasteiger partial charge in [0.05, 0.1) is 26.4 Å². The second-order valence-electron chi connectivity index (χ2n) is 12.6. The van der Waals surface area contributed by atoms with Gasteiger partial charge in [-0.2, -0.15) is 0 Å². The molecule has 1 fully saturated rings. The van der Waals surface area contributed by atoms with E-state index in [1.807, 2.05) is 97.1 Å². The lowest BCUT2D eigenvalue weighted by Crippen LogP contribution is -2.68. The zero-order chi connectivity index (χ0) is 32.4. The lowest BCUT2D eigenvalue weighted by Gasteiger charge is -2.46. The lowest BCUT2D eigenvalue weighted by atomic mass is 9.99. The maximum absolute atomic E-state index is 16.9. The minimum absolute atomic E-state index is 0.0129. The number of alkyl halides is 1. The Hall–Kier alpha value is -3.43. The molecule has 5 atom stereocenters. The topological polar surface area (TPSA) is 46.2 Å². The van der Waals surface area contributed by atoms with Crippen molar-refractivity contribution in [3.8, 4) is 0 Å². The quantitative estimate of drug-likeness (QED) is 0.110. The zero-order valence-corrected chi connectivity index (χ0v) is 28.0. The summed E-state index contributed by atoms with van der Waals surface area (Å²) in [6.45, 7) is 11.1. The molecule has 0 bridgehead atoms. The van der Waals surface area contributed by atoms with Crippen LogP contribution in [-0.4, -0.2) is 52.3 Å². The third-order valence-corrected chi connectivity index (χ3v) is 13.4. The maximum Gasteiger partial charge on any atom is 0.261 e. The number of halogens is 1. The highest BCUT2D eigenvalue weighted by Gasteiger charge is 2.53. The van der Waals surface area contributed by atoms with Gasteiger partial charge in [0.1, 0.15) is 18.3 Å². The number of benzene rings is 4. The Bertz CT molecular complexity index is 1430. The second kappa shape index (κ2) is 15.9. The van der Waals surface area contributed by atoms with Crippen molar-refractivity contribution in [1.82, 2.24) is 0 Å². The first-order valence-corrected chi connectivity index (χ1v) is 17.8. The van der Waals surface area contributed by atoms with Crippen LogP contribution in [0.25, 0.3) is 0 Å². The molecule has 5 nitrogen and oxygen atoms in total. The Morgan fingerprint density at radius 1 is 0.696 bits per heavy atom. The summed E-state index contributed by atoms with van der Waals surface area (Å²) >= 11 is 0. The standard InChI is InChI=1S/C39H45FO5Si/c1-5-26-41-38-37(43-28-31-20-12-7-13-21-31)36(42-27-30-18-10-6-11-19-30)35(40)34(45-38)29-44-46(39(2,3)4,32-22-14-8-15-23-32)33-24-16-9-17-25-33/h5-25,34-38H,1,26-29H2,2-4H3/t34-,35-,36+,37-,38+/m1/s1. The molecule has 5 rings (SSSR count). The molecule has 0 unspecified atom stereocenters. The van der Waals surface area contributed by atoms with Crippen LogP contribution >= 0.6 is 0 Å². The highest BCUT2D eigenvalue weighted by molar-refractivity contribution is 6.99. The minimum Gasteiger partial charge on any atom is -0.405 e. The normalized spacial score (nSPS) is 22.0. The van der Waals surface area contributed by atoms with Crippen molar-refractivity contribution in [2.45, 2.75) is 69.8 Å².